The van der Waals surface area contributed by atoms with Gasteiger partial charge >= 0.3 is 0 Å². The maximum atomic E-state index is 5.93. The third-order valence-corrected chi connectivity index (χ3v) is 3.32. The highest BCUT2D eigenvalue weighted by molar-refractivity contribution is 5.24. The molecule has 0 bridgehead atoms. The summed E-state index contributed by atoms with van der Waals surface area (Å²) in [5.41, 5.74) is 8.37. The molecule has 2 aromatic rings. The van der Waals surface area contributed by atoms with Crippen molar-refractivity contribution in [2.45, 2.75) is 45.6 Å². The first-order chi connectivity index (χ1) is 9.10. The first-order valence-electron chi connectivity index (χ1n) is 6.73. The first-order valence-corrected chi connectivity index (χ1v) is 6.73. The van der Waals surface area contributed by atoms with Gasteiger partial charge in [0, 0.05) is 12.5 Å². The molecule has 2 N–H and O–H groups in total. The molecule has 102 valence electrons. The second-order valence-electron chi connectivity index (χ2n) is 5.09. The van der Waals surface area contributed by atoms with Crippen LogP contribution in [0.1, 0.15) is 49.0 Å². The van der Waals surface area contributed by atoms with Crippen molar-refractivity contribution in [3.8, 4) is 0 Å². The van der Waals surface area contributed by atoms with E-state index in [1.807, 2.05) is 13.0 Å². The lowest BCUT2D eigenvalue weighted by Crippen LogP contribution is -2.24. The van der Waals surface area contributed by atoms with Gasteiger partial charge in [-0.25, -0.2) is 0 Å². The van der Waals surface area contributed by atoms with Crippen molar-refractivity contribution >= 4 is 0 Å². The van der Waals surface area contributed by atoms with Gasteiger partial charge in [-0.3, -0.25) is 0 Å². The average molecular weight is 259 g/mol. The van der Waals surface area contributed by atoms with Crippen LogP contribution in [0.3, 0.4) is 0 Å². The average Bonchev–Trinajstić information content (AvgIpc) is 2.78. The Morgan fingerprint density at radius 1 is 1.37 bits per heavy atom. The number of nitrogens with two attached hydrogens (primary N) is 1. The van der Waals surface area contributed by atoms with E-state index in [4.69, 9.17) is 10.3 Å². The second-order valence-corrected chi connectivity index (χ2v) is 5.09. The second kappa shape index (κ2) is 5.97. The fourth-order valence-corrected chi connectivity index (χ4v) is 2.27. The van der Waals surface area contributed by atoms with Crippen molar-refractivity contribution < 1.29 is 4.52 Å². The number of nitrogens with zero attached hydrogens (tertiary/aromatic N) is 2. The van der Waals surface area contributed by atoms with Crippen LogP contribution in [0.15, 0.2) is 28.8 Å². The predicted molar refractivity (Wildman–Crippen MR) is 75.0 cm³/mol. The Morgan fingerprint density at radius 2 is 2.16 bits per heavy atom. The topological polar surface area (TPSA) is 64.9 Å². The molecule has 4 nitrogen and oxygen atoms in total. The number of aromatic nitrogens is 2. The van der Waals surface area contributed by atoms with Crippen molar-refractivity contribution in [3.05, 3.63) is 47.1 Å². The first kappa shape index (κ1) is 13.7. The standard InChI is InChI=1S/C15H21N3O/c1-4-13(11(3)16)15-17-14(18-19-15)9-12-7-5-6-10(2)8-12/h5-8,11,13H,4,9,16H2,1-3H3. The molecule has 0 aliphatic rings. The van der Waals surface area contributed by atoms with Crippen LogP contribution in [0.2, 0.25) is 0 Å². The normalized spacial score (nSPS) is 14.3. The van der Waals surface area contributed by atoms with Gasteiger partial charge in [0.05, 0.1) is 5.92 Å². The van der Waals surface area contributed by atoms with Crippen LogP contribution in [-0.4, -0.2) is 16.2 Å². The van der Waals surface area contributed by atoms with Crippen molar-refractivity contribution in [1.82, 2.24) is 10.1 Å². The number of benzene rings is 1. The molecule has 1 aromatic carbocycles. The molecule has 4 heteroatoms. The molecule has 1 aromatic heterocycles. The van der Waals surface area contributed by atoms with Gasteiger partial charge in [0.1, 0.15) is 0 Å². The van der Waals surface area contributed by atoms with Gasteiger partial charge in [-0.2, -0.15) is 4.98 Å². The van der Waals surface area contributed by atoms with Crippen molar-refractivity contribution in [3.63, 3.8) is 0 Å². The smallest absolute Gasteiger partial charge is 0.231 e. The minimum atomic E-state index is 0.0252. The lowest BCUT2D eigenvalue weighted by molar-refractivity contribution is 0.331. The van der Waals surface area contributed by atoms with E-state index in [9.17, 15) is 0 Å². The molecule has 0 aliphatic carbocycles. The summed E-state index contributed by atoms with van der Waals surface area (Å²) in [7, 11) is 0. The summed E-state index contributed by atoms with van der Waals surface area (Å²) in [4.78, 5) is 4.47. The van der Waals surface area contributed by atoms with E-state index in [1.165, 1.54) is 11.1 Å². The van der Waals surface area contributed by atoms with E-state index >= 15 is 0 Å². The van der Waals surface area contributed by atoms with Gasteiger partial charge in [-0.1, -0.05) is 41.9 Å². The Balaban J connectivity index is 2.13. The third-order valence-electron chi connectivity index (χ3n) is 3.32. The Bertz CT molecular complexity index is 534. The van der Waals surface area contributed by atoms with Gasteiger partial charge in [0.15, 0.2) is 5.82 Å². The molecular formula is C15H21N3O. The number of hydrogen-bond acceptors (Lipinski definition) is 4. The highest BCUT2D eigenvalue weighted by Gasteiger charge is 2.21. The summed E-state index contributed by atoms with van der Waals surface area (Å²) in [5.74, 6) is 1.51. The minimum absolute atomic E-state index is 0.0252. The fraction of sp³-hybridized carbons (Fsp3) is 0.467. The molecule has 0 radical (unpaired) electrons. The largest absolute Gasteiger partial charge is 0.339 e. The Kier molecular flexibility index (Phi) is 4.32. The van der Waals surface area contributed by atoms with E-state index in [-0.39, 0.29) is 12.0 Å². The summed E-state index contributed by atoms with van der Waals surface area (Å²) in [6.07, 6.45) is 1.60. The van der Waals surface area contributed by atoms with Crippen LogP contribution in [-0.2, 0) is 6.42 Å². The van der Waals surface area contributed by atoms with E-state index < -0.39 is 0 Å². The zero-order chi connectivity index (χ0) is 13.8. The molecule has 0 amide bonds. The summed E-state index contributed by atoms with van der Waals surface area (Å²) < 4.78 is 5.34. The predicted octanol–water partition coefficient (Wildman–Crippen LogP) is 2.81. The molecule has 0 saturated carbocycles. The molecule has 19 heavy (non-hydrogen) atoms. The van der Waals surface area contributed by atoms with Gasteiger partial charge < -0.3 is 10.3 Å². The van der Waals surface area contributed by atoms with Gasteiger partial charge in [-0.05, 0) is 25.8 Å². The fourth-order valence-electron chi connectivity index (χ4n) is 2.27. The van der Waals surface area contributed by atoms with E-state index in [2.05, 4.69) is 42.2 Å². The lowest BCUT2D eigenvalue weighted by atomic mass is 9.99. The van der Waals surface area contributed by atoms with Crippen LogP contribution in [0.5, 0.6) is 0 Å². The van der Waals surface area contributed by atoms with Crippen LogP contribution >= 0.6 is 0 Å². The van der Waals surface area contributed by atoms with Crippen molar-refractivity contribution in [2.24, 2.45) is 5.73 Å². The van der Waals surface area contributed by atoms with E-state index in [1.54, 1.807) is 0 Å². The highest BCUT2D eigenvalue weighted by atomic mass is 16.5. The molecule has 0 aliphatic heterocycles. The summed E-state index contributed by atoms with van der Waals surface area (Å²) in [5, 5.41) is 4.05. The molecule has 0 saturated heterocycles. The number of hydrogen-bond donors (Lipinski definition) is 1. The molecule has 2 unspecified atom stereocenters. The minimum Gasteiger partial charge on any atom is -0.339 e. The zero-order valence-electron chi connectivity index (χ0n) is 11.8. The lowest BCUT2D eigenvalue weighted by Gasteiger charge is -2.13. The van der Waals surface area contributed by atoms with Crippen LogP contribution in [0, 0.1) is 6.92 Å². The Morgan fingerprint density at radius 3 is 2.79 bits per heavy atom. The summed E-state index contributed by atoms with van der Waals surface area (Å²) in [6.45, 7) is 6.13. The molecule has 1 heterocycles. The van der Waals surface area contributed by atoms with Crippen LogP contribution in [0.25, 0.3) is 0 Å². The van der Waals surface area contributed by atoms with E-state index in [0.29, 0.717) is 12.3 Å². The van der Waals surface area contributed by atoms with Gasteiger partial charge in [-0.15, -0.1) is 0 Å². The van der Waals surface area contributed by atoms with E-state index in [0.717, 1.165) is 12.2 Å². The zero-order valence-corrected chi connectivity index (χ0v) is 11.8. The van der Waals surface area contributed by atoms with Gasteiger partial charge in [0.25, 0.3) is 0 Å². The molecular weight excluding hydrogens is 238 g/mol. The maximum Gasteiger partial charge on any atom is 0.231 e. The Hall–Kier alpha value is -1.68. The SMILES string of the molecule is CCC(c1nc(Cc2cccc(C)c2)no1)C(C)N. The van der Waals surface area contributed by atoms with Crippen molar-refractivity contribution in [2.75, 3.05) is 0 Å². The van der Waals surface area contributed by atoms with Crippen LogP contribution < -0.4 is 5.73 Å². The van der Waals surface area contributed by atoms with Crippen LogP contribution in [0.4, 0.5) is 0 Å². The number of aryl methyl sites for hydroxylation is 1. The molecule has 2 atom stereocenters. The maximum absolute atomic E-state index is 5.93. The summed E-state index contributed by atoms with van der Waals surface area (Å²) in [6, 6.07) is 8.36. The monoisotopic (exact) mass is 259 g/mol. The third kappa shape index (κ3) is 3.41. The van der Waals surface area contributed by atoms with Crippen molar-refractivity contribution in [1.29, 1.82) is 0 Å². The Labute approximate surface area is 114 Å². The molecule has 0 fully saturated rings. The molecule has 0 spiro atoms. The highest BCUT2D eigenvalue weighted by Crippen LogP contribution is 2.21. The number of rotatable bonds is 5. The quantitative estimate of drug-likeness (QED) is 0.896. The molecule has 2 rings (SSSR count). The summed E-state index contributed by atoms with van der Waals surface area (Å²) >= 11 is 0. The van der Waals surface area contributed by atoms with Gasteiger partial charge in [0.2, 0.25) is 5.89 Å².